The van der Waals surface area contributed by atoms with E-state index in [1.54, 1.807) is 46.1 Å². The summed E-state index contributed by atoms with van der Waals surface area (Å²) >= 11 is 0. The van der Waals surface area contributed by atoms with Crippen molar-refractivity contribution in [1.82, 2.24) is 14.6 Å². The number of halogens is 1. The van der Waals surface area contributed by atoms with Gasteiger partial charge in [0, 0.05) is 24.3 Å². The lowest BCUT2D eigenvalue weighted by molar-refractivity contribution is -0.160. The zero-order valence-corrected chi connectivity index (χ0v) is 34.8. The monoisotopic (exact) mass is 813 g/mol. The van der Waals surface area contributed by atoms with Gasteiger partial charge in [0.1, 0.15) is 28.9 Å². The minimum absolute atomic E-state index is 0.0191. The van der Waals surface area contributed by atoms with E-state index >= 15 is 0 Å². The maximum Gasteiger partial charge on any atom is 0.307 e. The van der Waals surface area contributed by atoms with Gasteiger partial charge in [0.15, 0.2) is 5.78 Å². The second-order valence-corrected chi connectivity index (χ2v) is 19.7. The van der Waals surface area contributed by atoms with Gasteiger partial charge in [0.2, 0.25) is 33.6 Å². The van der Waals surface area contributed by atoms with E-state index in [1.807, 2.05) is 25.1 Å². The summed E-state index contributed by atoms with van der Waals surface area (Å²) in [5.74, 6) is -2.46. The zero-order valence-electron chi connectivity index (χ0n) is 34.0. The third-order valence-electron chi connectivity index (χ3n) is 12.1. The Morgan fingerprint density at radius 3 is 2.46 bits per heavy atom. The molecule has 1 saturated heterocycles. The predicted molar refractivity (Wildman–Crippen MR) is 210 cm³/mol. The lowest BCUT2D eigenvalue weighted by Crippen LogP contribution is -2.48. The average Bonchev–Trinajstić information content (AvgIpc) is 4.05. The zero-order chi connectivity index (χ0) is 41.5. The first-order chi connectivity index (χ1) is 26.8. The number of Topliss-reactive ketones (excluding diaryl/α,β-unsaturated/α-hetero) is 1. The molecule has 6 rings (SSSR count). The number of sulfonamides is 1. The fraction of sp³-hybridized carbons (Fsp3) is 0.643. The maximum absolute atomic E-state index is 14.9. The molecule has 0 spiro atoms. The number of ether oxygens (including phenoxy) is 4. The number of amides is 2. The van der Waals surface area contributed by atoms with Crippen molar-refractivity contribution in [3.8, 4) is 17.5 Å². The highest BCUT2D eigenvalue weighted by atomic mass is 32.2. The van der Waals surface area contributed by atoms with Crippen LogP contribution in [0.1, 0.15) is 92.4 Å². The molecule has 0 unspecified atom stereocenters. The van der Waals surface area contributed by atoms with E-state index < -0.39 is 80.0 Å². The Balaban J connectivity index is 1.37. The number of benzene rings is 1. The van der Waals surface area contributed by atoms with Crippen LogP contribution in [0.4, 0.5) is 4.39 Å². The van der Waals surface area contributed by atoms with Crippen molar-refractivity contribution < 1.29 is 50.9 Å². The lowest BCUT2D eigenvalue weighted by atomic mass is 9.82. The third-order valence-corrected chi connectivity index (χ3v) is 14.2. The van der Waals surface area contributed by atoms with Gasteiger partial charge in [-0.1, -0.05) is 26.0 Å². The van der Waals surface area contributed by atoms with Crippen molar-refractivity contribution in [2.24, 2.45) is 29.1 Å². The lowest BCUT2D eigenvalue weighted by Gasteiger charge is -2.32. The molecule has 13 nitrogen and oxygen atoms in total. The van der Waals surface area contributed by atoms with Crippen LogP contribution in [0.15, 0.2) is 36.4 Å². The fourth-order valence-electron chi connectivity index (χ4n) is 8.46. The Morgan fingerprint density at radius 1 is 1.07 bits per heavy atom. The van der Waals surface area contributed by atoms with E-state index in [0.29, 0.717) is 24.0 Å². The van der Waals surface area contributed by atoms with E-state index in [-0.39, 0.29) is 68.7 Å². The summed E-state index contributed by atoms with van der Waals surface area (Å²) in [6, 6.07) is 6.05. The van der Waals surface area contributed by atoms with Crippen LogP contribution in [0.25, 0.3) is 10.8 Å². The molecule has 2 aromatic rings. The van der Waals surface area contributed by atoms with Gasteiger partial charge >= 0.3 is 5.97 Å². The van der Waals surface area contributed by atoms with Crippen molar-refractivity contribution in [3.63, 3.8) is 0 Å². The molecular weight excluding hydrogens is 758 g/mol. The molecule has 0 bridgehead atoms. The quantitative estimate of drug-likeness (QED) is 0.225. The highest BCUT2D eigenvalue weighted by Gasteiger charge is 2.63. The molecule has 1 aromatic carbocycles. The summed E-state index contributed by atoms with van der Waals surface area (Å²) in [4.78, 5) is 63.0. The second kappa shape index (κ2) is 16.2. The Hall–Kier alpha value is -4.27. The molecule has 3 fully saturated rings. The van der Waals surface area contributed by atoms with Crippen molar-refractivity contribution in [3.05, 3.63) is 36.4 Å². The van der Waals surface area contributed by atoms with Gasteiger partial charge in [0.05, 0.1) is 44.6 Å². The number of carbonyl (C=O) groups is 4. The van der Waals surface area contributed by atoms with Crippen LogP contribution in [0.5, 0.6) is 17.5 Å². The highest BCUT2D eigenvalue weighted by Crippen LogP contribution is 2.58. The van der Waals surface area contributed by atoms with E-state index in [9.17, 15) is 32.0 Å². The molecule has 2 saturated carbocycles. The normalized spacial score (nSPS) is 29.6. The van der Waals surface area contributed by atoms with Crippen molar-refractivity contribution in [2.45, 2.75) is 115 Å². The number of rotatable bonds is 10. The van der Waals surface area contributed by atoms with Crippen LogP contribution in [0, 0.1) is 29.1 Å². The van der Waals surface area contributed by atoms with E-state index in [4.69, 9.17) is 18.9 Å². The molecule has 57 heavy (non-hydrogen) atoms. The average molecular weight is 814 g/mol. The first-order valence-corrected chi connectivity index (χ1v) is 21.4. The number of ketones is 1. The van der Waals surface area contributed by atoms with Crippen LogP contribution in [-0.4, -0.2) is 91.8 Å². The van der Waals surface area contributed by atoms with Crippen molar-refractivity contribution in [1.29, 1.82) is 0 Å². The van der Waals surface area contributed by atoms with Crippen LogP contribution in [-0.2, 0) is 33.9 Å². The minimum Gasteiger partial charge on any atom is -0.497 e. The minimum atomic E-state index is -4.35. The number of fused-ring (bicyclic) bond motifs is 3. The number of aromatic nitrogens is 1. The molecule has 15 heteroatoms. The number of hydrogen-bond donors (Lipinski definition) is 1. The number of nitrogens with zero attached hydrogens (tertiary/aromatic N) is 2. The van der Waals surface area contributed by atoms with E-state index in [0.717, 1.165) is 11.8 Å². The van der Waals surface area contributed by atoms with E-state index in [1.165, 1.54) is 12.0 Å². The van der Waals surface area contributed by atoms with Gasteiger partial charge in [-0.15, -0.1) is 0 Å². The van der Waals surface area contributed by atoms with Crippen LogP contribution in [0.3, 0.4) is 0 Å². The van der Waals surface area contributed by atoms with Gasteiger partial charge in [0.25, 0.3) is 0 Å². The predicted octanol–water partition coefficient (Wildman–Crippen LogP) is 5.87. The molecule has 7 atom stereocenters. The molecule has 1 N–H and O–H groups in total. The fourth-order valence-corrected chi connectivity index (χ4v) is 9.91. The summed E-state index contributed by atoms with van der Waals surface area (Å²) < 4.78 is 64.0. The summed E-state index contributed by atoms with van der Waals surface area (Å²) in [7, 11) is -1.31. The number of hydrogen-bond acceptors (Lipinski definition) is 11. The maximum atomic E-state index is 14.9. The van der Waals surface area contributed by atoms with Crippen molar-refractivity contribution in [2.75, 3.05) is 27.4 Å². The molecule has 2 aliphatic carbocycles. The Kier molecular flexibility index (Phi) is 12.0. The number of carbonyl (C=O) groups excluding carboxylic acids is 4. The molecule has 3 heterocycles. The van der Waals surface area contributed by atoms with Crippen molar-refractivity contribution >= 4 is 44.4 Å². The molecule has 1 aromatic heterocycles. The number of methoxy groups -OCH3 is 2. The van der Waals surface area contributed by atoms with Gasteiger partial charge < -0.3 is 23.8 Å². The SMILES string of the molecule is COc1ccc2c(O[C@@H]3C[C@H]4C(=O)C[C@]5(C(=O)NS(=O)(=O)C6(CF)CC6)C[C@H]5/C=C\CC[C@H](C)C[C@@H](C)[C@H](CC(=O)OC(C)(C)C)C(=O)N4C3)nc(OC)cc2c1. The molecule has 312 valence electrons. The number of allylic oxidation sites excluding steroid dienone is 2. The number of alkyl halides is 1. The third kappa shape index (κ3) is 9.08. The van der Waals surface area contributed by atoms with Crippen LogP contribution in [0.2, 0.25) is 0 Å². The summed E-state index contributed by atoms with van der Waals surface area (Å²) in [6.45, 7) is 8.18. The summed E-state index contributed by atoms with van der Waals surface area (Å²) in [5, 5.41) is 1.38. The molecule has 4 aliphatic rings. The van der Waals surface area contributed by atoms with Crippen LogP contribution < -0.4 is 18.9 Å². The first-order valence-electron chi connectivity index (χ1n) is 19.9. The van der Waals surface area contributed by atoms with Gasteiger partial charge in [-0.2, -0.15) is 4.98 Å². The molecule has 2 aliphatic heterocycles. The highest BCUT2D eigenvalue weighted by molar-refractivity contribution is 7.91. The van der Waals surface area contributed by atoms with Gasteiger partial charge in [-0.25, -0.2) is 12.8 Å². The Labute approximate surface area is 334 Å². The largest absolute Gasteiger partial charge is 0.497 e. The number of esters is 1. The topological polar surface area (TPSA) is 167 Å². The standard InChI is InChI=1S/C42H56FN3O10S/c1-25-10-8-9-11-28-21-42(28,39(50)45-57(51,52)41(24-43)14-15-41)22-34(47)33-19-30(55-37-31-13-12-29(53-6)17-27(31)18-35(44-37)54-7)23-46(33)38(49)32(26(2)16-25)20-36(48)56-40(3,4)5/h9,11-13,17-18,25-26,28,30,32-33H,8,10,14-16,19-24H2,1-7H3,(H,45,50)/b11-9-/t25-,26+,28+,30+,32-,33-,42+/m0/s1. The summed E-state index contributed by atoms with van der Waals surface area (Å²) in [6.07, 6.45) is 5.09. The first kappa shape index (κ1) is 42.3. The smallest absolute Gasteiger partial charge is 0.307 e. The Bertz CT molecular complexity index is 2020. The molecular formula is C42H56FN3O10S. The second-order valence-electron chi connectivity index (χ2n) is 17.6. The van der Waals surface area contributed by atoms with E-state index in [2.05, 4.69) is 16.6 Å². The van der Waals surface area contributed by atoms with Gasteiger partial charge in [-0.05, 0) is 101 Å². The summed E-state index contributed by atoms with van der Waals surface area (Å²) in [5.41, 5.74) is -2.18. The molecule has 2 amide bonds. The number of nitrogens with one attached hydrogen (secondary N) is 1. The Morgan fingerprint density at radius 2 is 1.81 bits per heavy atom. The number of pyridine rings is 1. The van der Waals surface area contributed by atoms with Gasteiger partial charge in [-0.3, -0.25) is 23.9 Å². The van der Waals surface area contributed by atoms with Crippen LogP contribution >= 0.6 is 0 Å². The molecule has 0 radical (unpaired) electrons.